The van der Waals surface area contributed by atoms with Gasteiger partial charge in [-0.25, -0.2) is 4.39 Å². The van der Waals surface area contributed by atoms with Crippen molar-refractivity contribution in [1.82, 2.24) is 4.81 Å². The van der Waals surface area contributed by atoms with Gasteiger partial charge in [0.15, 0.2) is 0 Å². The molecule has 32 heavy (non-hydrogen) atoms. The van der Waals surface area contributed by atoms with E-state index in [1.54, 1.807) is 18.2 Å². The molecule has 1 amide bonds. The van der Waals surface area contributed by atoms with E-state index in [2.05, 4.69) is 0 Å². The Balaban J connectivity index is 1.82. The van der Waals surface area contributed by atoms with Crippen molar-refractivity contribution in [3.8, 4) is 11.1 Å². The largest absolute Gasteiger partial charge is 0.450 e. The Bertz CT molecular complexity index is 991. The van der Waals surface area contributed by atoms with E-state index in [4.69, 9.17) is 16.3 Å². The Morgan fingerprint density at radius 2 is 2.03 bits per heavy atom. The molecule has 2 aromatic rings. The fourth-order valence-corrected chi connectivity index (χ4v) is 4.39. The van der Waals surface area contributed by atoms with Crippen LogP contribution in [0.25, 0.3) is 11.1 Å². The summed E-state index contributed by atoms with van der Waals surface area (Å²) in [5.41, 5.74) is 0.837. The minimum atomic E-state index is -1.11. The predicted molar refractivity (Wildman–Crippen MR) is 123 cm³/mol. The average Bonchev–Trinajstić information content (AvgIpc) is 3.01. The van der Waals surface area contributed by atoms with E-state index in [9.17, 15) is 23.8 Å². The molecule has 1 unspecified atom stereocenters. The minimum Gasteiger partial charge on any atom is -0.427 e. The molecule has 10 heteroatoms. The molecule has 0 saturated carbocycles. The highest BCUT2D eigenvalue weighted by atomic mass is 35.5. The van der Waals surface area contributed by atoms with Crippen LogP contribution >= 0.6 is 11.6 Å². The van der Waals surface area contributed by atoms with Gasteiger partial charge < -0.3 is 24.1 Å². The fourth-order valence-electron chi connectivity index (χ4n) is 4.21. The highest BCUT2D eigenvalue weighted by molar-refractivity contribution is 6.66. The monoisotopic (exact) mass is 457 g/mol. The molecule has 0 radical (unpaired) electrons. The number of rotatable bonds is 10. The number of hydrogen-bond acceptors (Lipinski definition) is 5. The molecule has 1 saturated heterocycles. The zero-order chi connectivity index (χ0) is 23.3. The lowest BCUT2D eigenvalue weighted by Gasteiger charge is -2.25. The summed E-state index contributed by atoms with van der Waals surface area (Å²) in [5.74, 6) is -0.711. The van der Waals surface area contributed by atoms with Crippen molar-refractivity contribution in [2.45, 2.75) is 32.1 Å². The first kappa shape index (κ1) is 24.2. The molecule has 6 nitrogen and oxygen atoms in total. The quantitative estimate of drug-likeness (QED) is 0.438. The molecule has 1 aliphatic rings. The molecule has 0 aromatic heterocycles. The molecule has 1 heterocycles. The smallest absolute Gasteiger partial charge is 0.427 e. The van der Waals surface area contributed by atoms with Gasteiger partial charge in [0.25, 0.3) is 0 Å². The second-order valence-electron chi connectivity index (χ2n) is 8.07. The van der Waals surface area contributed by atoms with E-state index in [0.717, 1.165) is 5.56 Å². The van der Waals surface area contributed by atoms with Crippen molar-refractivity contribution in [3.63, 3.8) is 0 Å². The topological polar surface area (TPSA) is 83.9 Å². The zero-order valence-corrected chi connectivity index (χ0v) is 18.4. The average molecular weight is 458 g/mol. The molecule has 3 rings (SSSR count). The predicted octanol–water partition coefficient (Wildman–Crippen LogP) is 2.53. The number of carbonyl (C=O) groups is 3. The third-order valence-electron chi connectivity index (χ3n) is 5.79. The summed E-state index contributed by atoms with van der Waals surface area (Å²) in [6, 6.07) is 11.3. The van der Waals surface area contributed by atoms with Gasteiger partial charge in [0.05, 0.1) is 5.41 Å². The molecule has 2 atom stereocenters. The van der Waals surface area contributed by atoms with Crippen molar-refractivity contribution in [2.24, 2.45) is 5.41 Å². The van der Waals surface area contributed by atoms with Crippen LogP contribution in [0.15, 0.2) is 42.5 Å². The Morgan fingerprint density at radius 1 is 1.31 bits per heavy atom. The highest BCUT2D eigenvalue weighted by Crippen LogP contribution is 2.40. The van der Waals surface area contributed by atoms with Gasteiger partial charge in [-0.05, 0) is 49.0 Å². The molecule has 1 aliphatic heterocycles. The zero-order valence-electron chi connectivity index (χ0n) is 17.7. The summed E-state index contributed by atoms with van der Waals surface area (Å²) in [6.07, 6.45) is 2.03. The summed E-state index contributed by atoms with van der Waals surface area (Å²) in [5, 5.41) is 9.92. The maximum Gasteiger partial charge on any atom is 0.450 e. The first-order chi connectivity index (χ1) is 15.3. The second kappa shape index (κ2) is 10.4. The van der Waals surface area contributed by atoms with Crippen LogP contribution in [0.1, 0.15) is 18.4 Å². The van der Waals surface area contributed by atoms with Crippen LogP contribution in [-0.2, 0) is 25.5 Å². The summed E-state index contributed by atoms with van der Waals surface area (Å²) < 4.78 is 19.4. The van der Waals surface area contributed by atoms with Crippen LogP contribution < -0.4 is 0 Å². The normalized spacial score (nSPS) is 20.3. The molecular weight excluding hydrogens is 434 g/mol. The Labute approximate surface area is 192 Å². The molecule has 1 fully saturated rings. The fraction of sp³-hybridized carbons (Fsp3) is 0.318. The Kier molecular flexibility index (Phi) is 7.87. The van der Waals surface area contributed by atoms with Gasteiger partial charge in [0.2, 0.25) is 5.91 Å². The van der Waals surface area contributed by atoms with Crippen molar-refractivity contribution >= 4 is 44.5 Å². The maximum atomic E-state index is 14.2. The summed E-state index contributed by atoms with van der Waals surface area (Å²) >= 11 is 5.99. The summed E-state index contributed by atoms with van der Waals surface area (Å²) in [7, 11) is -1.17. The SMILES string of the molecule is CB(O)OCC1(CC=O)C[C@@H](Cc2ccc(-c3cc(Cl)ccc3F)cc2)N(BC=O)C1=O. The van der Waals surface area contributed by atoms with Gasteiger partial charge in [-0.15, -0.1) is 0 Å². The first-order valence-electron chi connectivity index (χ1n) is 10.3. The molecule has 0 spiro atoms. The number of carbonyl (C=O) groups excluding carboxylic acids is 3. The number of nitrogens with zero attached hydrogens (tertiary/aromatic N) is 1. The molecule has 0 bridgehead atoms. The van der Waals surface area contributed by atoms with Crippen LogP contribution in [0.4, 0.5) is 4.39 Å². The van der Waals surface area contributed by atoms with Gasteiger partial charge in [0.1, 0.15) is 18.3 Å². The van der Waals surface area contributed by atoms with Gasteiger partial charge in [-0.1, -0.05) is 35.9 Å². The maximum absolute atomic E-state index is 14.2. The van der Waals surface area contributed by atoms with E-state index in [-0.39, 0.29) is 38.2 Å². The molecule has 166 valence electrons. The van der Waals surface area contributed by atoms with Crippen LogP contribution in [0, 0.1) is 11.2 Å². The molecule has 1 N–H and O–H groups in total. The third kappa shape index (κ3) is 5.28. The van der Waals surface area contributed by atoms with E-state index in [0.29, 0.717) is 41.5 Å². The minimum absolute atomic E-state index is 0.0581. The van der Waals surface area contributed by atoms with Gasteiger partial charge in [-0.2, -0.15) is 0 Å². The number of halogens is 2. The lowest BCUT2D eigenvalue weighted by molar-refractivity contribution is -0.136. The van der Waals surface area contributed by atoms with Crippen molar-refractivity contribution in [2.75, 3.05) is 6.61 Å². The lowest BCUT2D eigenvalue weighted by atomic mass is 9.81. The van der Waals surface area contributed by atoms with Crippen LogP contribution in [0.2, 0.25) is 11.8 Å². The molecule has 0 aliphatic carbocycles. The van der Waals surface area contributed by atoms with E-state index in [1.165, 1.54) is 23.8 Å². The van der Waals surface area contributed by atoms with E-state index >= 15 is 0 Å². The number of benzene rings is 2. The number of hydrogen-bond donors (Lipinski definition) is 1. The first-order valence-corrected chi connectivity index (χ1v) is 10.7. The third-order valence-corrected chi connectivity index (χ3v) is 6.03. The molecule has 2 aromatic carbocycles. The summed E-state index contributed by atoms with van der Waals surface area (Å²) in [6.45, 7) is 1.32. The second-order valence-corrected chi connectivity index (χ2v) is 8.51. The Hall–Kier alpha value is -2.48. The van der Waals surface area contributed by atoms with Crippen molar-refractivity contribution < 1.29 is 28.5 Å². The van der Waals surface area contributed by atoms with Crippen LogP contribution in [0.5, 0.6) is 0 Å². The van der Waals surface area contributed by atoms with Gasteiger partial charge in [0, 0.05) is 29.7 Å². The lowest BCUT2D eigenvalue weighted by Crippen LogP contribution is -2.43. The van der Waals surface area contributed by atoms with E-state index in [1.807, 2.05) is 12.1 Å². The van der Waals surface area contributed by atoms with Crippen molar-refractivity contribution in [3.05, 3.63) is 58.9 Å². The van der Waals surface area contributed by atoms with Crippen molar-refractivity contribution in [1.29, 1.82) is 0 Å². The Morgan fingerprint density at radius 3 is 2.66 bits per heavy atom. The van der Waals surface area contributed by atoms with Crippen LogP contribution in [-0.4, -0.2) is 55.4 Å². The van der Waals surface area contributed by atoms with Crippen LogP contribution in [0.3, 0.4) is 0 Å². The number of aldehydes is 1. The van der Waals surface area contributed by atoms with E-state index < -0.39 is 12.5 Å². The highest BCUT2D eigenvalue weighted by Gasteiger charge is 2.51. The van der Waals surface area contributed by atoms with Gasteiger partial charge in [-0.3, -0.25) is 4.79 Å². The number of amides is 1. The van der Waals surface area contributed by atoms with Gasteiger partial charge >= 0.3 is 14.5 Å². The standard InChI is InChI=1S/C22H23B2ClFNO5/c1-24(31)32-13-22(8-9-28)12-18(27(21(22)30)23-14-29)10-15-2-4-16(5-3-15)19-11-17(25)6-7-20(19)26/h2-7,9,11,14,18,23,31H,8,10,12-13H2,1H3/t18-,22?/m1/s1. The summed E-state index contributed by atoms with van der Waals surface area (Å²) in [4.78, 5) is 37.1. The molecular formula is C22H23B2ClFNO5.